The maximum absolute atomic E-state index is 12.8. The van der Waals surface area contributed by atoms with Crippen LogP contribution >= 0.6 is 0 Å². The van der Waals surface area contributed by atoms with Crippen LogP contribution in [-0.2, 0) is 23.9 Å². The van der Waals surface area contributed by atoms with E-state index in [4.69, 9.17) is 9.47 Å². The first-order valence-corrected chi connectivity index (χ1v) is 10.8. The van der Waals surface area contributed by atoms with Gasteiger partial charge in [0.15, 0.2) is 0 Å². The van der Waals surface area contributed by atoms with Crippen molar-refractivity contribution in [2.24, 2.45) is 29.6 Å². The van der Waals surface area contributed by atoms with Gasteiger partial charge >= 0.3 is 11.9 Å². The number of rotatable bonds is 5. The molecular weight excluding hydrogens is 344 g/mol. The molecule has 0 spiro atoms. The van der Waals surface area contributed by atoms with Crippen LogP contribution in [0.25, 0.3) is 0 Å². The summed E-state index contributed by atoms with van der Waals surface area (Å²) in [6.45, 7) is 3.50. The summed E-state index contributed by atoms with van der Waals surface area (Å²) in [4.78, 5) is 36.9. The molecule has 0 heterocycles. The summed E-state index contributed by atoms with van der Waals surface area (Å²) in [5, 5.41) is 0. The highest BCUT2D eigenvalue weighted by atomic mass is 16.6. The molecule has 5 rings (SSSR count). The van der Waals surface area contributed by atoms with E-state index in [1.54, 1.807) is 13.8 Å². The number of hydrogen-bond donors (Lipinski definition) is 0. The molecular formula is C22H32O5. The van der Waals surface area contributed by atoms with Gasteiger partial charge in [-0.1, -0.05) is 13.8 Å². The summed E-state index contributed by atoms with van der Waals surface area (Å²) < 4.78 is 11.6. The standard InChI is InChI=1S/C22H32O5/c1-13(20(24)26-19-5-3-4-18(23)9-19)14(2)21(25)27-22-10-15-6-16(11-22)8-17(7-15)12-22/h13-17,19H,3-12H2,1-2H3. The second-order valence-corrected chi connectivity index (χ2v) is 9.79. The van der Waals surface area contributed by atoms with E-state index in [1.165, 1.54) is 19.3 Å². The van der Waals surface area contributed by atoms with Crippen LogP contribution in [0.1, 0.15) is 78.1 Å². The minimum atomic E-state index is -0.552. The summed E-state index contributed by atoms with van der Waals surface area (Å²) in [5.41, 5.74) is -0.278. The van der Waals surface area contributed by atoms with Crippen LogP contribution in [0.5, 0.6) is 0 Å². The first-order chi connectivity index (χ1) is 12.8. The number of carbonyl (C=O) groups excluding carboxylic acids is 3. The average molecular weight is 376 g/mol. The van der Waals surface area contributed by atoms with E-state index in [1.807, 2.05) is 0 Å². The number of esters is 2. The van der Waals surface area contributed by atoms with Gasteiger partial charge in [-0.05, 0) is 69.1 Å². The van der Waals surface area contributed by atoms with E-state index in [0.717, 1.165) is 32.1 Å². The van der Waals surface area contributed by atoms with Crippen LogP contribution in [-0.4, -0.2) is 29.4 Å². The van der Waals surface area contributed by atoms with Gasteiger partial charge in [0, 0.05) is 12.8 Å². The Morgan fingerprint density at radius 2 is 1.52 bits per heavy atom. The molecule has 5 saturated carbocycles. The fraction of sp³-hybridized carbons (Fsp3) is 0.864. The fourth-order valence-electron chi connectivity index (χ4n) is 6.23. The van der Waals surface area contributed by atoms with Gasteiger partial charge in [-0.15, -0.1) is 0 Å². The monoisotopic (exact) mass is 376 g/mol. The number of ether oxygens (including phenoxy) is 2. The molecule has 0 amide bonds. The number of ketones is 1. The molecule has 5 nitrogen and oxygen atoms in total. The quantitative estimate of drug-likeness (QED) is 0.682. The first-order valence-electron chi connectivity index (χ1n) is 10.8. The van der Waals surface area contributed by atoms with Gasteiger partial charge in [0.1, 0.15) is 17.5 Å². The van der Waals surface area contributed by atoms with Gasteiger partial charge in [0.2, 0.25) is 0 Å². The lowest BCUT2D eigenvalue weighted by Gasteiger charge is -2.55. The van der Waals surface area contributed by atoms with Crippen molar-refractivity contribution in [2.45, 2.75) is 89.8 Å². The predicted molar refractivity (Wildman–Crippen MR) is 98.7 cm³/mol. The Balaban J connectivity index is 1.33. The smallest absolute Gasteiger partial charge is 0.310 e. The molecule has 0 aromatic heterocycles. The normalized spacial score (nSPS) is 39.7. The molecule has 0 aliphatic heterocycles. The largest absolute Gasteiger partial charge is 0.462 e. The highest BCUT2D eigenvalue weighted by Gasteiger charge is 2.53. The number of hydrogen-bond acceptors (Lipinski definition) is 5. The molecule has 27 heavy (non-hydrogen) atoms. The molecule has 5 aliphatic rings. The second-order valence-electron chi connectivity index (χ2n) is 9.79. The van der Waals surface area contributed by atoms with E-state index < -0.39 is 11.8 Å². The van der Waals surface area contributed by atoms with Crippen LogP contribution in [0.15, 0.2) is 0 Å². The van der Waals surface area contributed by atoms with Crippen molar-refractivity contribution >= 4 is 17.7 Å². The summed E-state index contributed by atoms with van der Waals surface area (Å²) in [5.74, 6) is 0.571. The molecule has 0 saturated heterocycles. The van der Waals surface area contributed by atoms with Crippen molar-refractivity contribution in [3.8, 4) is 0 Å². The van der Waals surface area contributed by atoms with Gasteiger partial charge in [0.25, 0.3) is 0 Å². The molecule has 0 aromatic rings. The van der Waals surface area contributed by atoms with Crippen LogP contribution < -0.4 is 0 Å². The summed E-state index contributed by atoms with van der Waals surface area (Å²) in [6.07, 6.45) is 8.97. The highest BCUT2D eigenvalue weighted by molar-refractivity contribution is 5.83. The topological polar surface area (TPSA) is 69.7 Å². The Morgan fingerprint density at radius 1 is 0.963 bits per heavy atom. The third-order valence-electron chi connectivity index (χ3n) is 7.51. The molecule has 3 atom stereocenters. The van der Waals surface area contributed by atoms with Crippen LogP contribution in [0.2, 0.25) is 0 Å². The predicted octanol–water partition coefficient (Wildman–Crippen LogP) is 3.83. The molecule has 0 radical (unpaired) electrons. The Kier molecular flexibility index (Phi) is 5.06. The lowest BCUT2D eigenvalue weighted by Crippen LogP contribution is -2.53. The van der Waals surface area contributed by atoms with Crippen LogP contribution in [0.3, 0.4) is 0 Å². The molecule has 3 unspecified atom stereocenters. The lowest BCUT2D eigenvalue weighted by molar-refractivity contribution is -0.194. The van der Waals surface area contributed by atoms with Crippen molar-refractivity contribution in [1.29, 1.82) is 0 Å². The Bertz CT molecular complexity index is 589. The minimum absolute atomic E-state index is 0.154. The fourth-order valence-corrected chi connectivity index (χ4v) is 6.23. The van der Waals surface area contributed by atoms with E-state index in [0.29, 0.717) is 30.6 Å². The highest BCUT2D eigenvalue weighted by Crippen LogP contribution is 2.57. The van der Waals surface area contributed by atoms with Gasteiger partial charge in [-0.2, -0.15) is 0 Å². The Labute approximate surface area is 161 Å². The summed E-state index contributed by atoms with van der Waals surface area (Å²) in [6, 6.07) is 0. The Hall–Kier alpha value is -1.39. The van der Waals surface area contributed by atoms with Crippen LogP contribution in [0, 0.1) is 29.6 Å². The number of Topliss-reactive ketones (excluding diaryl/α,β-unsaturated/α-hetero) is 1. The van der Waals surface area contributed by atoms with Gasteiger partial charge in [-0.25, -0.2) is 0 Å². The molecule has 4 bridgehead atoms. The van der Waals surface area contributed by atoms with E-state index >= 15 is 0 Å². The van der Waals surface area contributed by atoms with E-state index in [-0.39, 0.29) is 29.4 Å². The Morgan fingerprint density at radius 3 is 2.07 bits per heavy atom. The second kappa shape index (κ2) is 7.21. The van der Waals surface area contributed by atoms with Gasteiger partial charge in [-0.3, -0.25) is 14.4 Å². The third kappa shape index (κ3) is 3.93. The SMILES string of the molecule is CC(C(=O)OC1CCCC(=O)C1)C(C)C(=O)OC12CC3CC(CC(C3)C1)C2. The molecule has 5 heteroatoms. The summed E-state index contributed by atoms with van der Waals surface area (Å²) in [7, 11) is 0. The zero-order valence-corrected chi connectivity index (χ0v) is 16.6. The van der Waals surface area contributed by atoms with Crippen LogP contribution in [0.4, 0.5) is 0 Å². The molecule has 5 fully saturated rings. The van der Waals surface area contributed by atoms with Gasteiger partial charge < -0.3 is 9.47 Å². The van der Waals surface area contributed by atoms with Gasteiger partial charge in [0.05, 0.1) is 11.8 Å². The molecule has 0 N–H and O–H groups in total. The molecule has 5 aliphatic carbocycles. The zero-order chi connectivity index (χ0) is 19.2. The van der Waals surface area contributed by atoms with E-state index in [2.05, 4.69) is 0 Å². The maximum Gasteiger partial charge on any atom is 0.310 e. The van der Waals surface area contributed by atoms with E-state index in [9.17, 15) is 14.4 Å². The molecule has 0 aromatic carbocycles. The minimum Gasteiger partial charge on any atom is -0.462 e. The lowest BCUT2D eigenvalue weighted by atomic mass is 9.54. The van der Waals surface area contributed by atoms with Crippen molar-refractivity contribution in [1.82, 2.24) is 0 Å². The van der Waals surface area contributed by atoms with Crippen molar-refractivity contribution in [2.75, 3.05) is 0 Å². The maximum atomic E-state index is 12.8. The number of carbonyl (C=O) groups is 3. The van der Waals surface area contributed by atoms with Crippen molar-refractivity contribution < 1.29 is 23.9 Å². The third-order valence-corrected chi connectivity index (χ3v) is 7.51. The van der Waals surface area contributed by atoms with Crippen molar-refractivity contribution in [3.05, 3.63) is 0 Å². The molecule has 150 valence electrons. The average Bonchev–Trinajstić information content (AvgIpc) is 2.58. The van der Waals surface area contributed by atoms with Crippen molar-refractivity contribution in [3.63, 3.8) is 0 Å². The summed E-state index contributed by atoms with van der Waals surface area (Å²) >= 11 is 0. The first kappa shape index (κ1) is 18.9. The zero-order valence-electron chi connectivity index (χ0n) is 16.6.